The minimum Gasteiger partial charge on any atom is -0.476 e. The standard InChI is InChI=1S/C18H18N2O4/c1-12-11-15(9-10-16(12)20(22)23)24-17(13-5-3-2-4-6-13)18(21)19-14-7-8-14/h2-6,9-11,14,17H,7-8H2,1H3,(H,19,21). The van der Waals surface area contributed by atoms with Crippen LogP contribution in [-0.4, -0.2) is 16.9 Å². The first-order chi connectivity index (χ1) is 11.5. The van der Waals surface area contributed by atoms with Crippen molar-refractivity contribution in [1.82, 2.24) is 5.32 Å². The van der Waals surface area contributed by atoms with Gasteiger partial charge in [-0.05, 0) is 31.9 Å². The van der Waals surface area contributed by atoms with E-state index >= 15 is 0 Å². The smallest absolute Gasteiger partial charge is 0.272 e. The molecule has 1 aliphatic rings. The van der Waals surface area contributed by atoms with E-state index in [2.05, 4.69) is 5.32 Å². The number of aryl methyl sites for hydroxylation is 1. The highest BCUT2D eigenvalue weighted by atomic mass is 16.6. The molecule has 6 heteroatoms. The summed E-state index contributed by atoms with van der Waals surface area (Å²) >= 11 is 0. The lowest BCUT2D eigenvalue weighted by atomic mass is 10.1. The first kappa shape index (κ1) is 16.0. The molecule has 124 valence electrons. The first-order valence-electron chi connectivity index (χ1n) is 7.81. The SMILES string of the molecule is Cc1cc(OC(C(=O)NC2CC2)c2ccccc2)ccc1[N+](=O)[O-]. The van der Waals surface area contributed by atoms with Crippen LogP contribution < -0.4 is 10.1 Å². The van der Waals surface area contributed by atoms with Crippen LogP contribution in [0.1, 0.15) is 30.1 Å². The molecule has 1 N–H and O–H groups in total. The van der Waals surface area contributed by atoms with Crippen LogP contribution in [0.15, 0.2) is 48.5 Å². The predicted molar refractivity (Wildman–Crippen MR) is 88.8 cm³/mol. The fourth-order valence-electron chi connectivity index (χ4n) is 2.45. The maximum Gasteiger partial charge on any atom is 0.272 e. The molecule has 1 fully saturated rings. The van der Waals surface area contributed by atoms with Gasteiger partial charge in [0.15, 0.2) is 0 Å². The van der Waals surface area contributed by atoms with Crippen molar-refractivity contribution in [2.45, 2.75) is 31.9 Å². The fraction of sp³-hybridized carbons (Fsp3) is 0.278. The number of nitro groups is 1. The lowest BCUT2D eigenvalue weighted by Crippen LogP contribution is -2.33. The third-order valence-corrected chi connectivity index (χ3v) is 3.88. The number of hydrogen-bond donors (Lipinski definition) is 1. The van der Waals surface area contributed by atoms with Crippen LogP contribution in [0.3, 0.4) is 0 Å². The van der Waals surface area contributed by atoms with Gasteiger partial charge in [0.05, 0.1) is 4.92 Å². The Hall–Kier alpha value is -2.89. The summed E-state index contributed by atoms with van der Waals surface area (Å²) in [5, 5.41) is 13.9. The molecular formula is C18H18N2O4. The Morgan fingerprint density at radius 2 is 1.96 bits per heavy atom. The Bertz CT molecular complexity index is 757. The Morgan fingerprint density at radius 1 is 1.25 bits per heavy atom. The van der Waals surface area contributed by atoms with E-state index in [1.807, 2.05) is 30.3 Å². The Balaban J connectivity index is 1.84. The van der Waals surface area contributed by atoms with Gasteiger partial charge in [0.1, 0.15) is 5.75 Å². The summed E-state index contributed by atoms with van der Waals surface area (Å²) in [4.78, 5) is 23.0. The molecule has 0 saturated heterocycles. The van der Waals surface area contributed by atoms with Gasteiger partial charge in [0.2, 0.25) is 6.10 Å². The molecule has 1 amide bonds. The molecule has 0 aromatic heterocycles. The molecule has 0 spiro atoms. The van der Waals surface area contributed by atoms with E-state index in [1.165, 1.54) is 12.1 Å². The van der Waals surface area contributed by atoms with E-state index in [-0.39, 0.29) is 17.6 Å². The minimum atomic E-state index is -0.785. The van der Waals surface area contributed by atoms with E-state index in [9.17, 15) is 14.9 Å². The molecule has 2 aromatic rings. The third kappa shape index (κ3) is 3.71. The van der Waals surface area contributed by atoms with Crippen molar-refractivity contribution in [2.75, 3.05) is 0 Å². The second-order valence-electron chi connectivity index (χ2n) is 5.90. The van der Waals surface area contributed by atoms with E-state index < -0.39 is 11.0 Å². The number of benzene rings is 2. The number of nitro benzene ring substituents is 1. The zero-order chi connectivity index (χ0) is 17.1. The Labute approximate surface area is 139 Å². The molecule has 2 aromatic carbocycles. The number of ether oxygens (including phenoxy) is 1. The summed E-state index contributed by atoms with van der Waals surface area (Å²) in [7, 11) is 0. The van der Waals surface area contributed by atoms with Gasteiger partial charge in [0, 0.05) is 23.2 Å². The zero-order valence-electron chi connectivity index (χ0n) is 13.3. The second-order valence-corrected chi connectivity index (χ2v) is 5.90. The van der Waals surface area contributed by atoms with Crippen molar-refractivity contribution in [3.63, 3.8) is 0 Å². The van der Waals surface area contributed by atoms with Crippen LogP contribution in [-0.2, 0) is 4.79 Å². The van der Waals surface area contributed by atoms with E-state index in [1.54, 1.807) is 13.0 Å². The summed E-state index contributed by atoms with van der Waals surface area (Å²) < 4.78 is 5.87. The summed E-state index contributed by atoms with van der Waals surface area (Å²) in [5.74, 6) is 0.234. The van der Waals surface area contributed by atoms with Crippen molar-refractivity contribution in [1.29, 1.82) is 0 Å². The first-order valence-corrected chi connectivity index (χ1v) is 7.81. The number of rotatable bonds is 6. The molecule has 24 heavy (non-hydrogen) atoms. The second kappa shape index (κ2) is 6.70. The molecule has 1 saturated carbocycles. The molecule has 0 bridgehead atoms. The van der Waals surface area contributed by atoms with E-state index in [0.29, 0.717) is 11.3 Å². The van der Waals surface area contributed by atoms with Crippen LogP contribution >= 0.6 is 0 Å². The van der Waals surface area contributed by atoms with Gasteiger partial charge in [-0.2, -0.15) is 0 Å². The van der Waals surface area contributed by atoms with Gasteiger partial charge in [-0.3, -0.25) is 14.9 Å². The van der Waals surface area contributed by atoms with Crippen LogP contribution in [0.5, 0.6) is 5.75 Å². The largest absolute Gasteiger partial charge is 0.476 e. The highest BCUT2D eigenvalue weighted by Gasteiger charge is 2.29. The fourth-order valence-corrected chi connectivity index (χ4v) is 2.45. The molecule has 6 nitrogen and oxygen atoms in total. The highest BCUT2D eigenvalue weighted by Crippen LogP contribution is 2.28. The van der Waals surface area contributed by atoms with Gasteiger partial charge in [0.25, 0.3) is 11.6 Å². The molecule has 1 unspecified atom stereocenters. The molecule has 0 radical (unpaired) electrons. The third-order valence-electron chi connectivity index (χ3n) is 3.88. The number of amides is 1. The molecular weight excluding hydrogens is 308 g/mol. The molecule has 0 heterocycles. The zero-order valence-corrected chi connectivity index (χ0v) is 13.3. The van der Waals surface area contributed by atoms with Crippen LogP contribution in [0.4, 0.5) is 5.69 Å². The lowest BCUT2D eigenvalue weighted by molar-refractivity contribution is -0.385. The van der Waals surface area contributed by atoms with Crippen molar-refractivity contribution >= 4 is 11.6 Å². The van der Waals surface area contributed by atoms with Gasteiger partial charge in [-0.15, -0.1) is 0 Å². The van der Waals surface area contributed by atoms with Gasteiger partial charge in [-0.1, -0.05) is 30.3 Å². The van der Waals surface area contributed by atoms with Crippen molar-refractivity contribution in [2.24, 2.45) is 0 Å². The van der Waals surface area contributed by atoms with Gasteiger partial charge >= 0.3 is 0 Å². The number of hydrogen-bond acceptors (Lipinski definition) is 4. The van der Waals surface area contributed by atoms with Gasteiger partial charge in [-0.25, -0.2) is 0 Å². The maximum atomic E-state index is 12.5. The summed E-state index contributed by atoms with van der Waals surface area (Å²) in [6.07, 6.45) is 1.20. The monoisotopic (exact) mass is 326 g/mol. The van der Waals surface area contributed by atoms with Gasteiger partial charge < -0.3 is 10.1 Å². The van der Waals surface area contributed by atoms with Crippen LogP contribution in [0.2, 0.25) is 0 Å². The van der Waals surface area contributed by atoms with Crippen molar-refractivity contribution in [3.8, 4) is 5.75 Å². The lowest BCUT2D eigenvalue weighted by Gasteiger charge is -2.19. The maximum absolute atomic E-state index is 12.5. The van der Waals surface area contributed by atoms with E-state index in [0.717, 1.165) is 18.4 Å². The predicted octanol–water partition coefficient (Wildman–Crippen LogP) is 3.30. The minimum absolute atomic E-state index is 0.0287. The summed E-state index contributed by atoms with van der Waals surface area (Å²) in [6, 6.07) is 13.9. The average molecular weight is 326 g/mol. The number of nitrogens with one attached hydrogen (secondary N) is 1. The molecule has 1 aliphatic carbocycles. The summed E-state index contributed by atoms with van der Waals surface area (Å²) in [5.41, 5.74) is 1.26. The average Bonchev–Trinajstić information content (AvgIpc) is 3.37. The Morgan fingerprint density at radius 3 is 2.54 bits per heavy atom. The number of carbonyl (C=O) groups excluding carboxylic acids is 1. The quantitative estimate of drug-likeness (QED) is 0.652. The number of carbonyl (C=O) groups is 1. The van der Waals surface area contributed by atoms with Crippen molar-refractivity contribution in [3.05, 3.63) is 69.8 Å². The van der Waals surface area contributed by atoms with E-state index in [4.69, 9.17) is 4.74 Å². The molecule has 1 atom stereocenters. The summed E-state index contributed by atoms with van der Waals surface area (Å²) in [6.45, 7) is 1.65. The topological polar surface area (TPSA) is 81.5 Å². The van der Waals surface area contributed by atoms with Crippen LogP contribution in [0, 0.1) is 17.0 Å². The highest BCUT2D eigenvalue weighted by molar-refractivity contribution is 5.83. The van der Waals surface area contributed by atoms with Crippen LogP contribution in [0.25, 0.3) is 0 Å². The van der Waals surface area contributed by atoms with Crippen molar-refractivity contribution < 1.29 is 14.5 Å². The molecule has 3 rings (SSSR count). The Kier molecular flexibility index (Phi) is 4.46. The molecule has 0 aliphatic heterocycles. The normalized spacial score (nSPS) is 14.7. The number of nitrogens with zero attached hydrogens (tertiary/aromatic N) is 1.